The number of rotatable bonds is 7. The van der Waals surface area contributed by atoms with Crippen LogP contribution in [-0.2, 0) is 16.0 Å². The quantitative estimate of drug-likeness (QED) is 0.694. The number of alkyl halides is 3. The molecule has 0 aliphatic rings. The average Bonchev–Trinajstić information content (AvgIpc) is 2.58. The number of anilines is 1. The number of carboxylic acids is 1. The molecule has 0 aliphatic carbocycles. The Hall–Kier alpha value is -3.03. The highest BCUT2D eigenvalue weighted by molar-refractivity contribution is 5.95. The van der Waals surface area contributed by atoms with Gasteiger partial charge in [-0.25, -0.2) is 0 Å². The van der Waals surface area contributed by atoms with Crippen molar-refractivity contribution in [2.24, 2.45) is 11.8 Å². The molecule has 1 amide bonds. The van der Waals surface area contributed by atoms with Crippen LogP contribution in [0.25, 0.3) is 0 Å². The predicted octanol–water partition coefficient (Wildman–Crippen LogP) is 4.72. The lowest BCUT2D eigenvalue weighted by atomic mass is 9.86. The van der Waals surface area contributed by atoms with Crippen LogP contribution in [0.2, 0.25) is 0 Å². The summed E-state index contributed by atoms with van der Waals surface area (Å²) in [4.78, 5) is 24.3. The van der Waals surface area contributed by atoms with Crippen LogP contribution in [0.5, 0.6) is 5.75 Å². The van der Waals surface area contributed by atoms with Crippen molar-refractivity contribution in [2.45, 2.75) is 33.6 Å². The second-order valence-corrected chi connectivity index (χ2v) is 6.99. The summed E-state index contributed by atoms with van der Waals surface area (Å²) < 4.78 is 40.5. The fourth-order valence-corrected chi connectivity index (χ4v) is 3.08. The maximum absolute atomic E-state index is 12.8. The van der Waals surface area contributed by atoms with Crippen molar-refractivity contribution in [3.8, 4) is 5.75 Å². The molecule has 0 radical (unpaired) electrons. The van der Waals surface area contributed by atoms with Crippen molar-refractivity contribution in [1.82, 2.24) is 0 Å². The number of carbonyl (C=O) groups excluding carboxylic acids is 1. The van der Waals surface area contributed by atoms with E-state index in [0.717, 1.165) is 28.8 Å². The van der Waals surface area contributed by atoms with Crippen molar-refractivity contribution >= 4 is 17.6 Å². The van der Waals surface area contributed by atoms with E-state index >= 15 is 0 Å². The van der Waals surface area contributed by atoms with Crippen molar-refractivity contribution in [3.05, 3.63) is 59.2 Å². The highest BCUT2D eigenvalue weighted by atomic mass is 19.4. The molecule has 29 heavy (non-hydrogen) atoms. The molecule has 0 aliphatic heterocycles. The lowest BCUT2D eigenvalue weighted by Crippen LogP contribution is -2.33. The first-order chi connectivity index (χ1) is 13.4. The van der Waals surface area contributed by atoms with Gasteiger partial charge in [0.1, 0.15) is 5.75 Å². The van der Waals surface area contributed by atoms with Crippen LogP contribution in [0.1, 0.15) is 23.6 Å². The van der Waals surface area contributed by atoms with E-state index in [-0.39, 0.29) is 12.1 Å². The molecule has 8 heteroatoms. The number of aryl methyl sites for hydroxylation is 2. The van der Waals surface area contributed by atoms with E-state index in [9.17, 15) is 27.9 Å². The van der Waals surface area contributed by atoms with Crippen molar-refractivity contribution in [1.29, 1.82) is 0 Å². The monoisotopic (exact) mass is 409 g/mol. The number of ether oxygens (including phenoxy) is 1. The third-order valence-electron chi connectivity index (χ3n) is 4.42. The second kappa shape index (κ2) is 8.98. The van der Waals surface area contributed by atoms with Gasteiger partial charge in [0.2, 0.25) is 5.91 Å². The Kier molecular flexibility index (Phi) is 6.89. The average molecular weight is 409 g/mol. The Morgan fingerprint density at radius 1 is 1.07 bits per heavy atom. The minimum absolute atomic E-state index is 0.219. The summed E-state index contributed by atoms with van der Waals surface area (Å²) in [6, 6.07) is 10.4. The van der Waals surface area contributed by atoms with Gasteiger partial charge in [-0.05, 0) is 50.1 Å². The molecular weight excluding hydrogens is 387 g/mol. The molecule has 156 valence electrons. The van der Waals surface area contributed by atoms with Gasteiger partial charge < -0.3 is 15.2 Å². The van der Waals surface area contributed by atoms with Crippen LogP contribution >= 0.6 is 0 Å². The molecule has 2 N–H and O–H groups in total. The van der Waals surface area contributed by atoms with Crippen LogP contribution in [0.4, 0.5) is 18.9 Å². The maximum Gasteiger partial charge on any atom is 0.573 e. The maximum atomic E-state index is 12.8. The number of carboxylic acid groups (broad SMARTS) is 1. The number of hydrogen-bond acceptors (Lipinski definition) is 3. The summed E-state index contributed by atoms with van der Waals surface area (Å²) in [5.41, 5.74) is 3.09. The molecule has 2 aromatic rings. The third kappa shape index (κ3) is 6.81. The molecule has 0 heterocycles. The van der Waals surface area contributed by atoms with E-state index in [1.807, 2.05) is 32.0 Å². The summed E-state index contributed by atoms with van der Waals surface area (Å²) in [5.74, 6) is -3.86. The van der Waals surface area contributed by atoms with Gasteiger partial charge in [-0.2, -0.15) is 0 Å². The molecule has 0 aromatic heterocycles. The van der Waals surface area contributed by atoms with Gasteiger partial charge in [0, 0.05) is 5.69 Å². The van der Waals surface area contributed by atoms with E-state index in [1.54, 1.807) is 0 Å². The minimum Gasteiger partial charge on any atom is -0.481 e. The zero-order valence-corrected chi connectivity index (χ0v) is 16.2. The second-order valence-electron chi connectivity index (χ2n) is 6.99. The number of amides is 1. The number of carbonyl (C=O) groups is 2. The largest absolute Gasteiger partial charge is 0.573 e. The molecule has 0 unspecified atom stereocenters. The Morgan fingerprint density at radius 3 is 2.10 bits per heavy atom. The molecule has 0 saturated carbocycles. The molecule has 2 atom stereocenters. The zero-order valence-electron chi connectivity index (χ0n) is 16.2. The lowest BCUT2D eigenvalue weighted by Gasteiger charge is -2.21. The zero-order chi connectivity index (χ0) is 21.8. The van der Waals surface area contributed by atoms with Crippen LogP contribution in [0.15, 0.2) is 42.5 Å². The van der Waals surface area contributed by atoms with Gasteiger partial charge in [-0.1, -0.05) is 36.2 Å². The van der Waals surface area contributed by atoms with Crippen LogP contribution < -0.4 is 10.1 Å². The molecule has 0 saturated heterocycles. The van der Waals surface area contributed by atoms with E-state index in [4.69, 9.17) is 0 Å². The third-order valence-corrected chi connectivity index (χ3v) is 4.42. The van der Waals surface area contributed by atoms with E-state index in [0.29, 0.717) is 0 Å². The van der Waals surface area contributed by atoms with Gasteiger partial charge in [-0.3, -0.25) is 9.59 Å². The number of halogens is 3. The van der Waals surface area contributed by atoms with Crippen molar-refractivity contribution in [2.75, 3.05) is 5.32 Å². The first-order valence-electron chi connectivity index (χ1n) is 8.91. The Labute approximate surface area is 166 Å². The van der Waals surface area contributed by atoms with Crippen molar-refractivity contribution in [3.63, 3.8) is 0 Å². The molecule has 5 nitrogen and oxygen atoms in total. The topological polar surface area (TPSA) is 75.6 Å². The molecule has 2 rings (SSSR count). The van der Waals surface area contributed by atoms with E-state index < -0.39 is 35.8 Å². The highest BCUT2D eigenvalue weighted by Gasteiger charge is 2.32. The molecule has 0 fully saturated rings. The fourth-order valence-electron chi connectivity index (χ4n) is 3.08. The summed E-state index contributed by atoms with van der Waals surface area (Å²) in [7, 11) is 0. The lowest BCUT2D eigenvalue weighted by molar-refractivity contribution is -0.274. The van der Waals surface area contributed by atoms with Gasteiger partial charge in [0.15, 0.2) is 0 Å². The van der Waals surface area contributed by atoms with Gasteiger partial charge >= 0.3 is 12.3 Å². The van der Waals surface area contributed by atoms with Gasteiger partial charge in [-0.15, -0.1) is 13.2 Å². The SMILES string of the molecule is Cc1cc(C)cc(C[C@@H](C(=O)Nc2ccc(OC(F)(F)F)cc2)[C@@H](C)C(=O)O)c1. The summed E-state index contributed by atoms with van der Waals surface area (Å²) in [5, 5.41) is 12.0. The molecular formula is C21H22F3NO4. The molecule has 2 aromatic carbocycles. The minimum atomic E-state index is -4.81. The first kappa shape index (κ1) is 22.3. The Bertz CT molecular complexity index is 858. The van der Waals surface area contributed by atoms with Crippen LogP contribution in [0, 0.1) is 25.7 Å². The van der Waals surface area contributed by atoms with Gasteiger partial charge in [0.05, 0.1) is 11.8 Å². The molecule has 0 bridgehead atoms. The number of nitrogens with one attached hydrogen (secondary N) is 1. The summed E-state index contributed by atoms with van der Waals surface area (Å²) in [6.07, 6.45) is -4.59. The van der Waals surface area contributed by atoms with Crippen LogP contribution in [0.3, 0.4) is 0 Å². The van der Waals surface area contributed by atoms with Crippen LogP contribution in [-0.4, -0.2) is 23.3 Å². The van der Waals surface area contributed by atoms with E-state index in [1.165, 1.54) is 19.1 Å². The number of benzene rings is 2. The first-order valence-corrected chi connectivity index (χ1v) is 8.91. The smallest absolute Gasteiger partial charge is 0.481 e. The fraction of sp³-hybridized carbons (Fsp3) is 0.333. The van der Waals surface area contributed by atoms with Gasteiger partial charge in [0.25, 0.3) is 0 Å². The number of hydrogen-bond donors (Lipinski definition) is 2. The predicted molar refractivity (Wildman–Crippen MR) is 102 cm³/mol. The molecule has 0 spiro atoms. The normalized spacial score (nSPS) is 13.4. The summed E-state index contributed by atoms with van der Waals surface area (Å²) >= 11 is 0. The number of aliphatic carboxylic acids is 1. The Balaban J connectivity index is 2.18. The van der Waals surface area contributed by atoms with Crippen molar-refractivity contribution < 1.29 is 32.6 Å². The highest BCUT2D eigenvalue weighted by Crippen LogP contribution is 2.26. The van der Waals surface area contributed by atoms with E-state index in [2.05, 4.69) is 10.1 Å². The Morgan fingerprint density at radius 2 is 1.62 bits per heavy atom. The summed E-state index contributed by atoms with van der Waals surface area (Å²) in [6.45, 7) is 5.28. The standard InChI is InChI=1S/C21H22F3NO4/c1-12-8-13(2)10-15(9-12)11-18(14(3)20(27)28)19(26)25-16-4-6-17(7-5-16)29-21(22,23)24/h4-10,14,18H,11H2,1-3H3,(H,25,26)(H,27,28)/t14-,18-/m1/s1.